The van der Waals surface area contributed by atoms with E-state index in [1.165, 1.54) is 0 Å². The Morgan fingerprint density at radius 3 is 2.39 bits per heavy atom. The van der Waals surface area contributed by atoms with Gasteiger partial charge in [0.1, 0.15) is 11.4 Å². The van der Waals surface area contributed by atoms with Gasteiger partial charge in [0.05, 0.1) is 18.0 Å². The Bertz CT molecular complexity index is 1590. The van der Waals surface area contributed by atoms with Crippen LogP contribution in [0.5, 0.6) is 5.75 Å². The van der Waals surface area contributed by atoms with Gasteiger partial charge in [0.2, 0.25) is 0 Å². The summed E-state index contributed by atoms with van der Waals surface area (Å²) in [7, 11) is 0. The number of benzene rings is 3. The van der Waals surface area contributed by atoms with Gasteiger partial charge in [-0.2, -0.15) is 0 Å². The SMILES string of the molecule is O=C(O)NCCCCCCOc1cccc(Cc2nc3c(Cc4ccccc4)[nH]c(-c4ccccc4)cn-3c2=O)c1. The number of carbonyl (C=O) groups is 1. The molecule has 0 bridgehead atoms. The number of aromatic amines is 1. The molecule has 2 aliphatic heterocycles. The minimum atomic E-state index is -0.983. The predicted molar refractivity (Wildman–Crippen MR) is 159 cm³/mol. The minimum absolute atomic E-state index is 0.121. The monoisotopic (exact) mass is 550 g/mol. The number of H-pyrrole nitrogens is 1. The molecule has 3 N–H and O–H groups in total. The molecule has 5 rings (SSSR count). The highest BCUT2D eigenvalue weighted by molar-refractivity contribution is 5.64. The fourth-order valence-electron chi connectivity index (χ4n) is 4.88. The van der Waals surface area contributed by atoms with Gasteiger partial charge in [0.25, 0.3) is 5.56 Å². The molecular formula is C33H34N4O4. The number of aromatic nitrogens is 3. The number of nitrogens with zero attached hydrogens (tertiary/aromatic N) is 2. The Kier molecular flexibility index (Phi) is 9.11. The molecule has 0 aromatic heterocycles. The Balaban J connectivity index is 1.31. The molecule has 0 aliphatic carbocycles. The van der Waals surface area contributed by atoms with E-state index >= 15 is 0 Å². The number of carboxylic acid groups (broad SMARTS) is 1. The molecule has 0 spiro atoms. The van der Waals surface area contributed by atoms with Crippen molar-refractivity contribution in [1.82, 2.24) is 19.9 Å². The van der Waals surface area contributed by atoms with Crippen LogP contribution >= 0.6 is 0 Å². The summed E-state index contributed by atoms with van der Waals surface area (Å²) in [4.78, 5) is 32.4. The van der Waals surface area contributed by atoms with Crippen LogP contribution in [0, 0.1) is 0 Å². The summed E-state index contributed by atoms with van der Waals surface area (Å²) in [6, 6.07) is 28.0. The summed E-state index contributed by atoms with van der Waals surface area (Å²) in [5.74, 6) is 1.40. The molecule has 3 aromatic carbocycles. The van der Waals surface area contributed by atoms with Crippen LogP contribution in [-0.4, -0.2) is 38.9 Å². The molecule has 0 saturated carbocycles. The van der Waals surface area contributed by atoms with E-state index in [1.54, 1.807) is 4.57 Å². The molecule has 2 aliphatic rings. The summed E-state index contributed by atoms with van der Waals surface area (Å²) in [6.45, 7) is 1.06. The largest absolute Gasteiger partial charge is 0.494 e. The molecule has 2 heterocycles. The van der Waals surface area contributed by atoms with Crippen LogP contribution in [0.1, 0.15) is 48.2 Å². The van der Waals surface area contributed by atoms with Crippen LogP contribution in [0.15, 0.2) is 95.9 Å². The molecule has 0 atom stereocenters. The van der Waals surface area contributed by atoms with Crippen molar-refractivity contribution in [2.24, 2.45) is 0 Å². The second-order valence-electron chi connectivity index (χ2n) is 10.1. The average molecular weight is 551 g/mol. The van der Waals surface area contributed by atoms with Gasteiger partial charge in [-0.05, 0) is 41.7 Å². The second kappa shape index (κ2) is 13.5. The summed E-state index contributed by atoms with van der Waals surface area (Å²) in [5, 5.41) is 11.0. The van der Waals surface area contributed by atoms with E-state index in [4.69, 9.17) is 14.8 Å². The Morgan fingerprint density at radius 1 is 0.878 bits per heavy atom. The lowest BCUT2D eigenvalue weighted by atomic mass is 10.1. The number of imidazole rings is 1. The molecule has 3 aromatic rings. The molecule has 0 saturated heterocycles. The maximum atomic E-state index is 13.6. The molecule has 1 amide bonds. The first kappa shape index (κ1) is 27.7. The molecule has 8 nitrogen and oxygen atoms in total. The standard InChI is InChI=1S/C33H34N4O4/c38-32-29(22-25-14-11-17-27(20-25)41-19-10-2-1-9-18-34-33(39)40)36-31-28(21-24-12-5-3-6-13-24)35-30(23-37(31)32)26-15-7-4-8-16-26/h3-8,11-17,20,23,34-35H,1-2,9-10,18-19,21-22H2,(H,39,40). The quantitative estimate of drug-likeness (QED) is 0.155. The lowest BCUT2D eigenvalue weighted by Gasteiger charge is -2.13. The van der Waals surface area contributed by atoms with Crippen molar-refractivity contribution >= 4 is 6.09 Å². The summed E-state index contributed by atoms with van der Waals surface area (Å²) in [6.07, 6.45) is 5.50. The third-order valence-corrected chi connectivity index (χ3v) is 6.94. The number of amides is 1. The molecule has 0 unspecified atom stereocenters. The van der Waals surface area contributed by atoms with Crippen LogP contribution < -0.4 is 15.6 Å². The Morgan fingerprint density at radius 2 is 1.61 bits per heavy atom. The van der Waals surface area contributed by atoms with Crippen LogP contribution in [-0.2, 0) is 12.8 Å². The van der Waals surface area contributed by atoms with Crippen LogP contribution in [0.3, 0.4) is 0 Å². The maximum Gasteiger partial charge on any atom is 0.404 e. The third kappa shape index (κ3) is 7.42. The number of nitrogens with one attached hydrogen (secondary N) is 2. The summed E-state index contributed by atoms with van der Waals surface area (Å²) < 4.78 is 7.62. The number of rotatable bonds is 13. The van der Waals surface area contributed by atoms with E-state index in [0.717, 1.165) is 59.5 Å². The van der Waals surface area contributed by atoms with Crippen molar-refractivity contribution in [3.63, 3.8) is 0 Å². The lowest BCUT2D eigenvalue weighted by Crippen LogP contribution is -2.21. The topological polar surface area (TPSA) is 109 Å². The highest BCUT2D eigenvalue weighted by Gasteiger charge is 2.20. The van der Waals surface area contributed by atoms with Gasteiger partial charge in [-0.25, -0.2) is 9.78 Å². The number of hydrogen-bond donors (Lipinski definition) is 3. The van der Waals surface area contributed by atoms with Crippen molar-refractivity contribution in [3.8, 4) is 22.8 Å². The van der Waals surface area contributed by atoms with Gasteiger partial charge < -0.3 is 20.1 Å². The zero-order valence-electron chi connectivity index (χ0n) is 22.9. The van der Waals surface area contributed by atoms with Crippen molar-refractivity contribution in [2.45, 2.75) is 38.5 Å². The number of fused-ring (bicyclic) bond motifs is 1. The minimum Gasteiger partial charge on any atom is -0.494 e. The van der Waals surface area contributed by atoms with Gasteiger partial charge >= 0.3 is 6.09 Å². The third-order valence-electron chi connectivity index (χ3n) is 6.94. The van der Waals surface area contributed by atoms with Crippen LogP contribution in [0.2, 0.25) is 0 Å². The molecule has 41 heavy (non-hydrogen) atoms. The zero-order valence-corrected chi connectivity index (χ0v) is 22.9. The van der Waals surface area contributed by atoms with E-state index in [9.17, 15) is 9.59 Å². The van der Waals surface area contributed by atoms with E-state index < -0.39 is 6.09 Å². The van der Waals surface area contributed by atoms with E-state index in [2.05, 4.69) is 22.4 Å². The summed E-state index contributed by atoms with van der Waals surface area (Å²) >= 11 is 0. The van der Waals surface area contributed by atoms with E-state index in [0.29, 0.717) is 37.5 Å². The smallest absolute Gasteiger partial charge is 0.404 e. The summed E-state index contributed by atoms with van der Waals surface area (Å²) in [5.41, 5.74) is 5.21. The van der Waals surface area contributed by atoms with E-state index in [1.807, 2.05) is 79.0 Å². The second-order valence-corrected chi connectivity index (χ2v) is 10.1. The zero-order chi connectivity index (χ0) is 28.4. The van der Waals surface area contributed by atoms with Crippen molar-refractivity contribution in [1.29, 1.82) is 0 Å². The highest BCUT2D eigenvalue weighted by atomic mass is 16.5. The fraction of sp³-hybridized carbons (Fsp3) is 0.242. The van der Waals surface area contributed by atoms with Gasteiger partial charge in [-0.3, -0.25) is 9.36 Å². The molecule has 0 fully saturated rings. The van der Waals surface area contributed by atoms with Gasteiger partial charge in [-0.1, -0.05) is 85.6 Å². The number of ether oxygens (including phenoxy) is 1. The number of unbranched alkanes of at least 4 members (excludes halogenated alkanes) is 3. The van der Waals surface area contributed by atoms with Crippen molar-refractivity contribution < 1.29 is 14.6 Å². The van der Waals surface area contributed by atoms with Crippen LogP contribution in [0.25, 0.3) is 17.1 Å². The van der Waals surface area contributed by atoms with Crippen LogP contribution in [0.4, 0.5) is 4.79 Å². The highest BCUT2D eigenvalue weighted by Crippen LogP contribution is 2.24. The molecule has 0 radical (unpaired) electrons. The Labute approximate surface area is 239 Å². The van der Waals surface area contributed by atoms with E-state index in [-0.39, 0.29) is 5.56 Å². The maximum absolute atomic E-state index is 13.6. The average Bonchev–Trinajstić information content (AvgIpc) is 3.30. The van der Waals surface area contributed by atoms with Crippen molar-refractivity contribution in [3.05, 3.63) is 124 Å². The molecule has 8 heteroatoms. The van der Waals surface area contributed by atoms with Crippen molar-refractivity contribution in [2.75, 3.05) is 13.2 Å². The lowest BCUT2D eigenvalue weighted by molar-refractivity contribution is 0.194. The van der Waals surface area contributed by atoms with Gasteiger partial charge in [0.15, 0.2) is 5.82 Å². The molecular weight excluding hydrogens is 516 g/mol. The fourth-order valence-corrected chi connectivity index (χ4v) is 4.88. The first-order chi connectivity index (χ1) is 20.1. The first-order valence-electron chi connectivity index (χ1n) is 14.0. The van der Waals surface area contributed by atoms with Gasteiger partial charge in [-0.15, -0.1) is 0 Å². The predicted octanol–water partition coefficient (Wildman–Crippen LogP) is 6.05. The number of hydrogen-bond acceptors (Lipinski definition) is 4. The first-order valence-corrected chi connectivity index (χ1v) is 14.0. The molecule has 210 valence electrons. The normalized spacial score (nSPS) is 11.0. The van der Waals surface area contributed by atoms with Gasteiger partial charge in [0, 0.05) is 25.6 Å². The Hall–Kier alpha value is -4.85.